The highest BCUT2D eigenvalue weighted by Crippen LogP contribution is 2.33. The third-order valence-corrected chi connectivity index (χ3v) is 4.27. The molecular formula is C13H11F3N2S. The number of alkyl halides is 3. The second-order valence-corrected chi connectivity index (χ2v) is 5.47. The Labute approximate surface area is 112 Å². The van der Waals surface area contributed by atoms with E-state index < -0.39 is 11.7 Å². The molecule has 2 aromatic rings. The molecule has 0 aliphatic carbocycles. The lowest BCUT2D eigenvalue weighted by molar-refractivity contribution is -0.137. The molecule has 0 unspecified atom stereocenters. The summed E-state index contributed by atoms with van der Waals surface area (Å²) < 4.78 is 37.5. The highest BCUT2D eigenvalue weighted by atomic mass is 32.1. The zero-order valence-electron chi connectivity index (χ0n) is 9.92. The Balaban J connectivity index is 1.92. The van der Waals surface area contributed by atoms with Crippen LogP contribution in [0.25, 0.3) is 10.6 Å². The molecule has 100 valence electrons. The highest BCUT2D eigenvalue weighted by molar-refractivity contribution is 7.15. The van der Waals surface area contributed by atoms with Crippen molar-refractivity contribution < 1.29 is 13.2 Å². The predicted octanol–water partition coefficient (Wildman–Crippen LogP) is 3.47. The van der Waals surface area contributed by atoms with E-state index in [0.29, 0.717) is 0 Å². The summed E-state index contributed by atoms with van der Waals surface area (Å²) in [6.45, 7) is 1.67. The van der Waals surface area contributed by atoms with E-state index in [0.717, 1.165) is 47.9 Å². The number of halogens is 3. The number of rotatable bonds is 1. The largest absolute Gasteiger partial charge is 0.416 e. The van der Waals surface area contributed by atoms with Crippen LogP contribution in [0.2, 0.25) is 0 Å². The van der Waals surface area contributed by atoms with Crippen molar-refractivity contribution >= 4 is 11.3 Å². The molecule has 2 nitrogen and oxygen atoms in total. The molecule has 1 aromatic carbocycles. The van der Waals surface area contributed by atoms with Crippen LogP contribution in [0, 0.1) is 0 Å². The zero-order valence-corrected chi connectivity index (χ0v) is 10.7. The number of fused-ring (bicyclic) bond motifs is 1. The van der Waals surface area contributed by atoms with E-state index in [9.17, 15) is 13.2 Å². The molecule has 0 amide bonds. The monoisotopic (exact) mass is 284 g/mol. The van der Waals surface area contributed by atoms with Crippen molar-refractivity contribution in [3.05, 3.63) is 40.4 Å². The molecule has 0 saturated heterocycles. The summed E-state index contributed by atoms with van der Waals surface area (Å²) in [4.78, 5) is 5.72. The van der Waals surface area contributed by atoms with E-state index in [4.69, 9.17) is 0 Å². The van der Waals surface area contributed by atoms with Crippen LogP contribution in [-0.4, -0.2) is 11.5 Å². The van der Waals surface area contributed by atoms with Gasteiger partial charge in [0.05, 0.1) is 11.3 Å². The van der Waals surface area contributed by atoms with Crippen LogP contribution in [0.15, 0.2) is 24.3 Å². The fraction of sp³-hybridized carbons (Fsp3) is 0.308. The fourth-order valence-corrected chi connectivity index (χ4v) is 3.13. The highest BCUT2D eigenvalue weighted by Gasteiger charge is 2.30. The molecule has 0 radical (unpaired) electrons. The molecule has 1 aliphatic rings. The van der Waals surface area contributed by atoms with Gasteiger partial charge in [0.2, 0.25) is 0 Å². The van der Waals surface area contributed by atoms with Crippen molar-refractivity contribution in [1.29, 1.82) is 0 Å². The third kappa shape index (κ3) is 2.50. The van der Waals surface area contributed by atoms with E-state index in [2.05, 4.69) is 10.3 Å². The van der Waals surface area contributed by atoms with Crippen LogP contribution in [0.4, 0.5) is 13.2 Å². The van der Waals surface area contributed by atoms with Crippen molar-refractivity contribution in [2.45, 2.75) is 19.1 Å². The number of thiazole rings is 1. The van der Waals surface area contributed by atoms with Gasteiger partial charge in [-0.1, -0.05) is 12.1 Å². The first kappa shape index (κ1) is 12.6. The maximum absolute atomic E-state index is 12.5. The Bertz CT molecular complexity index is 563. The first-order valence-corrected chi connectivity index (χ1v) is 6.72. The smallest absolute Gasteiger partial charge is 0.311 e. The van der Waals surface area contributed by atoms with Crippen molar-refractivity contribution in [3.63, 3.8) is 0 Å². The summed E-state index contributed by atoms with van der Waals surface area (Å²) in [5.41, 5.74) is 1.14. The SMILES string of the molecule is FC(F)(F)c1ccc(-c2nc3c(s2)CCNC3)cc1. The van der Waals surface area contributed by atoms with Gasteiger partial charge in [0.25, 0.3) is 0 Å². The molecular weight excluding hydrogens is 273 g/mol. The zero-order chi connectivity index (χ0) is 13.5. The maximum atomic E-state index is 12.5. The van der Waals surface area contributed by atoms with Crippen molar-refractivity contribution in [2.75, 3.05) is 6.54 Å². The average molecular weight is 284 g/mol. The van der Waals surface area contributed by atoms with Gasteiger partial charge in [0.1, 0.15) is 5.01 Å². The predicted molar refractivity (Wildman–Crippen MR) is 68.0 cm³/mol. The molecule has 6 heteroatoms. The van der Waals surface area contributed by atoms with Gasteiger partial charge in [-0.15, -0.1) is 11.3 Å². The first-order chi connectivity index (χ1) is 9.04. The van der Waals surface area contributed by atoms with E-state index in [1.54, 1.807) is 11.3 Å². The molecule has 2 heterocycles. The normalized spacial score (nSPS) is 15.3. The minimum atomic E-state index is -4.29. The number of nitrogens with zero attached hydrogens (tertiary/aromatic N) is 1. The Morgan fingerprint density at radius 3 is 2.53 bits per heavy atom. The van der Waals surface area contributed by atoms with Crippen LogP contribution >= 0.6 is 11.3 Å². The first-order valence-electron chi connectivity index (χ1n) is 5.91. The summed E-state index contributed by atoms with van der Waals surface area (Å²) in [5, 5.41) is 4.02. The molecule has 0 saturated carbocycles. The number of hydrogen-bond acceptors (Lipinski definition) is 3. The van der Waals surface area contributed by atoms with Gasteiger partial charge in [0, 0.05) is 23.5 Å². The van der Waals surface area contributed by atoms with Gasteiger partial charge < -0.3 is 5.32 Å². The minimum Gasteiger partial charge on any atom is -0.311 e. The maximum Gasteiger partial charge on any atom is 0.416 e. The molecule has 1 N–H and O–H groups in total. The van der Waals surface area contributed by atoms with Gasteiger partial charge in [0.15, 0.2) is 0 Å². The second kappa shape index (κ2) is 4.61. The lowest BCUT2D eigenvalue weighted by atomic mass is 10.1. The second-order valence-electron chi connectivity index (χ2n) is 4.39. The summed E-state index contributed by atoms with van der Waals surface area (Å²) in [5.74, 6) is 0. The van der Waals surface area contributed by atoms with Crippen LogP contribution < -0.4 is 5.32 Å². The Kier molecular flexibility index (Phi) is 3.06. The average Bonchev–Trinajstić information content (AvgIpc) is 2.81. The molecule has 0 bridgehead atoms. The van der Waals surface area contributed by atoms with Gasteiger partial charge in [-0.3, -0.25) is 0 Å². The van der Waals surface area contributed by atoms with Crippen LogP contribution in [0.3, 0.4) is 0 Å². The topological polar surface area (TPSA) is 24.9 Å². The Morgan fingerprint density at radius 2 is 1.89 bits per heavy atom. The van der Waals surface area contributed by atoms with Gasteiger partial charge in [-0.05, 0) is 18.6 Å². The Morgan fingerprint density at radius 1 is 1.16 bits per heavy atom. The summed E-state index contributed by atoms with van der Waals surface area (Å²) in [6, 6.07) is 5.18. The molecule has 3 rings (SSSR count). The Hall–Kier alpha value is -1.40. The summed E-state index contributed by atoms with van der Waals surface area (Å²) >= 11 is 1.57. The van der Waals surface area contributed by atoms with Crippen LogP contribution in [-0.2, 0) is 19.1 Å². The van der Waals surface area contributed by atoms with Crippen molar-refractivity contribution in [1.82, 2.24) is 10.3 Å². The van der Waals surface area contributed by atoms with Gasteiger partial charge >= 0.3 is 6.18 Å². The molecule has 0 fully saturated rings. The standard InChI is InChI=1S/C13H11F3N2S/c14-13(15,16)9-3-1-8(2-4-9)12-18-10-7-17-6-5-11(10)19-12/h1-4,17H,5-7H2. The van der Waals surface area contributed by atoms with Crippen LogP contribution in [0.5, 0.6) is 0 Å². The van der Waals surface area contributed by atoms with Crippen molar-refractivity contribution in [2.24, 2.45) is 0 Å². The van der Waals surface area contributed by atoms with Gasteiger partial charge in [-0.25, -0.2) is 4.98 Å². The lowest BCUT2D eigenvalue weighted by Crippen LogP contribution is -2.22. The molecule has 19 heavy (non-hydrogen) atoms. The lowest BCUT2D eigenvalue weighted by Gasteiger charge is -2.09. The van der Waals surface area contributed by atoms with E-state index in [1.807, 2.05) is 0 Å². The van der Waals surface area contributed by atoms with Gasteiger partial charge in [-0.2, -0.15) is 13.2 Å². The third-order valence-electron chi connectivity index (χ3n) is 3.06. The number of aromatic nitrogens is 1. The molecule has 1 aliphatic heterocycles. The number of benzene rings is 1. The van der Waals surface area contributed by atoms with Crippen LogP contribution in [0.1, 0.15) is 16.1 Å². The van der Waals surface area contributed by atoms with E-state index >= 15 is 0 Å². The van der Waals surface area contributed by atoms with E-state index in [1.165, 1.54) is 17.0 Å². The number of hydrogen-bond donors (Lipinski definition) is 1. The summed E-state index contributed by atoms with van der Waals surface area (Å²) in [7, 11) is 0. The molecule has 0 spiro atoms. The van der Waals surface area contributed by atoms with E-state index in [-0.39, 0.29) is 0 Å². The molecule has 1 aromatic heterocycles. The minimum absolute atomic E-state index is 0.626. The van der Waals surface area contributed by atoms with Crippen molar-refractivity contribution in [3.8, 4) is 10.6 Å². The molecule has 0 atom stereocenters. The fourth-order valence-electron chi connectivity index (χ4n) is 2.05. The quantitative estimate of drug-likeness (QED) is 0.867. The number of nitrogens with one attached hydrogen (secondary N) is 1. The summed E-state index contributed by atoms with van der Waals surface area (Å²) in [6.07, 6.45) is -3.35.